The topological polar surface area (TPSA) is 84.6 Å². The number of nitro benzene ring substituents is 1. The van der Waals surface area contributed by atoms with Gasteiger partial charge in [0.2, 0.25) is 0 Å². The first kappa shape index (κ1) is 15.4. The Bertz CT molecular complexity index is 410. The smallest absolute Gasteiger partial charge is 0.310 e. The van der Waals surface area contributed by atoms with Gasteiger partial charge in [-0.05, 0) is 37.9 Å². The van der Waals surface area contributed by atoms with E-state index in [1.54, 1.807) is 12.1 Å². The van der Waals surface area contributed by atoms with Gasteiger partial charge in [0.05, 0.1) is 11.5 Å². The standard InChI is InChI=1S/C13H20N2O4/c1-14-10-11-5-6-12(15(17)18)13(9-11)19-8-4-2-3-7-16/h5-6,9,14,16H,2-4,7-8,10H2,1H3. The molecule has 106 valence electrons. The lowest BCUT2D eigenvalue weighted by Gasteiger charge is -2.08. The van der Waals surface area contributed by atoms with Crippen LogP contribution in [0, 0.1) is 10.1 Å². The quantitative estimate of drug-likeness (QED) is 0.405. The summed E-state index contributed by atoms with van der Waals surface area (Å²) in [6.45, 7) is 1.22. The Morgan fingerprint density at radius 2 is 2.16 bits per heavy atom. The number of benzene rings is 1. The van der Waals surface area contributed by atoms with Crippen molar-refractivity contribution >= 4 is 5.69 Å². The first-order valence-corrected chi connectivity index (χ1v) is 6.34. The van der Waals surface area contributed by atoms with Gasteiger partial charge in [0, 0.05) is 19.2 Å². The monoisotopic (exact) mass is 268 g/mol. The van der Waals surface area contributed by atoms with Crippen molar-refractivity contribution in [1.82, 2.24) is 5.32 Å². The van der Waals surface area contributed by atoms with Gasteiger partial charge < -0.3 is 15.2 Å². The van der Waals surface area contributed by atoms with Crippen LogP contribution in [0.25, 0.3) is 0 Å². The molecule has 0 aromatic heterocycles. The third-order valence-electron chi connectivity index (χ3n) is 2.66. The number of aliphatic hydroxyl groups excluding tert-OH is 1. The molecule has 1 aromatic carbocycles. The average molecular weight is 268 g/mol. The normalized spacial score (nSPS) is 10.4. The molecule has 1 rings (SSSR count). The van der Waals surface area contributed by atoms with Crippen molar-refractivity contribution in [3.63, 3.8) is 0 Å². The fraction of sp³-hybridized carbons (Fsp3) is 0.538. The minimum Gasteiger partial charge on any atom is -0.487 e. The first-order chi connectivity index (χ1) is 9.19. The fourth-order valence-electron chi connectivity index (χ4n) is 1.71. The van der Waals surface area contributed by atoms with E-state index in [1.807, 2.05) is 7.05 Å². The number of unbranched alkanes of at least 4 members (excludes halogenated alkanes) is 2. The van der Waals surface area contributed by atoms with Gasteiger partial charge in [-0.25, -0.2) is 0 Å². The fourth-order valence-corrected chi connectivity index (χ4v) is 1.71. The van der Waals surface area contributed by atoms with Crippen LogP contribution in [0.3, 0.4) is 0 Å². The van der Waals surface area contributed by atoms with E-state index in [0.29, 0.717) is 18.9 Å². The van der Waals surface area contributed by atoms with Crippen LogP contribution in [0.1, 0.15) is 24.8 Å². The molecule has 0 heterocycles. The molecule has 0 bridgehead atoms. The van der Waals surface area contributed by atoms with Crippen LogP contribution in [-0.4, -0.2) is 30.3 Å². The highest BCUT2D eigenvalue weighted by molar-refractivity contribution is 5.48. The maximum absolute atomic E-state index is 10.9. The second kappa shape index (κ2) is 8.44. The first-order valence-electron chi connectivity index (χ1n) is 6.34. The van der Waals surface area contributed by atoms with E-state index in [9.17, 15) is 10.1 Å². The van der Waals surface area contributed by atoms with Crippen LogP contribution in [0.15, 0.2) is 18.2 Å². The Morgan fingerprint density at radius 3 is 2.79 bits per heavy atom. The third kappa shape index (κ3) is 5.23. The van der Waals surface area contributed by atoms with Crippen molar-refractivity contribution in [2.45, 2.75) is 25.8 Å². The van der Waals surface area contributed by atoms with E-state index in [4.69, 9.17) is 9.84 Å². The molecular weight excluding hydrogens is 248 g/mol. The second-order valence-electron chi connectivity index (χ2n) is 4.22. The van der Waals surface area contributed by atoms with Crippen LogP contribution in [-0.2, 0) is 6.54 Å². The van der Waals surface area contributed by atoms with Crippen LogP contribution in [0.2, 0.25) is 0 Å². The summed E-state index contributed by atoms with van der Waals surface area (Å²) in [6.07, 6.45) is 2.35. The number of nitro groups is 1. The summed E-state index contributed by atoms with van der Waals surface area (Å²) in [7, 11) is 1.82. The largest absolute Gasteiger partial charge is 0.487 e. The number of nitrogens with one attached hydrogen (secondary N) is 1. The van der Waals surface area contributed by atoms with E-state index in [0.717, 1.165) is 24.8 Å². The minimum absolute atomic E-state index is 0.0120. The van der Waals surface area contributed by atoms with Gasteiger partial charge in [-0.3, -0.25) is 10.1 Å². The lowest BCUT2D eigenvalue weighted by Crippen LogP contribution is -2.06. The Hall–Kier alpha value is -1.66. The molecule has 0 radical (unpaired) electrons. The lowest BCUT2D eigenvalue weighted by molar-refractivity contribution is -0.385. The molecule has 0 saturated heterocycles. The van der Waals surface area contributed by atoms with Crippen LogP contribution >= 0.6 is 0 Å². The SMILES string of the molecule is CNCc1ccc([N+](=O)[O-])c(OCCCCCO)c1. The van der Waals surface area contributed by atoms with Crippen molar-refractivity contribution < 1.29 is 14.8 Å². The highest BCUT2D eigenvalue weighted by Crippen LogP contribution is 2.28. The predicted molar refractivity (Wildman–Crippen MR) is 72.3 cm³/mol. The van der Waals surface area contributed by atoms with Gasteiger partial charge in [0.15, 0.2) is 5.75 Å². The van der Waals surface area contributed by atoms with Gasteiger partial charge in [-0.1, -0.05) is 6.07 Å². The molecule has 0 unspecified atom stereocenters. The highest BCUT2D eigenvalue weighted by atomic mass is 16.6. The Balaban J connectivity index is 2.66. The predicted octanol–water partition coefficient (Wildman–Crippen LogP) is 1.86. The number of nitrogens with zero attached hydrogens (tertiary/aromatic N) is 1. The molecule has 0 aliphatic carbocycles. The highest BCUT2D eigenvalue weighted by Gasteiger charge is 2.15. The molecule has 6 heteroatoms. The lowest BCUT2D eigenvalue weighted by atomic mass is 10.2. The van der Waals surface area contributed by atoms with Gasteiger partial charge in [0.1, 0.15) is 0 Å². The number of rotatable bonds is 9. The molecule has 0 aliphatic rings. The molecule has 0 aliphatic heterocycles. The van der Waals surface area contributed by atoms with E-state index in [2.05, 4.69) is 5.32 Å². The van der Waals surface area contributed by atoms with Crippen LogP contribution in [0.5, 0.6) is 5.75 Å². The van der Waals surface area contributed by atoms with Gasteiger partial charge >= 0.3 is 5.69 Å². The molecule has 6 nitrogen and oxygen atoms in total. The molecule has 0 amide bonds. The summed E-state index contributed by atoms with van der Waals surface area (Å²) in [6, 6.07) is 4.88. The Morgan fingerprint density at radius 1 is 1.37 bits per heavy atom. The van der Waals surface area contributed by atoms with E-state index in [1.165, 1.54) is 6.07 Å². The number of aliphatic hydroxyl groups is 1. The summed E-state index contributed by atoms with van der Waals surface area (Å²) < 4.78 is 5.48. The zero-order valence-electron chi connectivity index (χ0n) is 11.1. The van der Waals surface area contributed by atoms with Gasteiger partial charge in [-0.2, -0.15) is 0 Å². The molecule has 0 spiro atoms. The Labute approximate surface area is 112 Å². The molecule has 0 atom stereocenters. The van der Waals surface area contributed by atoms with Crippen LogP contribution < -0.4 is 10.1 Å². The van der Waals surface area contributed by atoms with Gasteiger partial charge in [-0.15, -0.1) is 0 Å². The number of hydrogen-bond donors (Lipinski definition) is 2. The molecule has 0 fully saturated rings. The zero-order valence-corrected chi connectivity index (χ0v) is 11.1. The summed E-state index contributed by atoms with van der Waals surface area (Å²) in [5.74, 6) is 0.307. The van der Waals surface area contributed by atoms with Gasteiger partial charge in [0.25, 0.3) is 0 Å². The summed E-state index contributed by atoms with van der Waals surface area (Å²) in [5, 5.41) is 22.6. The molecule has 0 saturated carbocycles. The van der Waals surface area contributed by atoms with E-state index < -0.39 is 4.92 Å². The van der Waals surface area contributed by atoms with Crippen molar-refractivity contribution in [3.05, 3.63) is 33.9 Å². The minimum atomic E-state index is -0.438. The molecular formula is C13H20N2O4. The van der Waals surface area contributed by atoms with Crippen LogP contribution in [0.4, 0.5) is 5.69 Å². The zero-order chi connectivity index (χ0) is 14.1. The van der Waals surface area contributed by atoms with Crippen molar-refractivity contribution in [2.24, 2.45) is 0 Å². The maximum Gasteiger partial charge on any atom is 0.310 e. The number of hydrogen-bond acceptors (Lipinski definition) is 5. The molecule has 1 aromatic rings. The Kier molecular flexibility index (Phi) is 6.84. The summed E-state index contributed by atoms with van der Waals surface area (Å²) in [5.41, 5.74) is 0.931. The maximum atomic E-state index is 10.9. The van der Waals surface area contributed by atoms with Crippen molar-refractivity contribution in [1.29, 1.82) is 0 Å². The van der Waals surface area contributed by atoms with E-state index in [-0.39, 0.29) is 12.3 Å². The summed E-state index contributed by atoms with van der Waals surface area (Å²) in [4.78, 5) is 10.5. The van der Waals surface area contributed by atoms with E-state index >= 15 is 0 Å². The molecule has 19 heavy (non-hydrogen) atoms. The average Bonchev–Trinajstić information content (AvgIpc) is 2.39. The van der Waals surface area contributed by atoms with Crippen molar-refractivity contribution in [3.8, 4) is 5.75 Å². The third-order valence-corrected chi connectivity index (χ3v) is 2.66. The summed E-state index contributed by atoms with van der Waals surface area (Å²) >= 11 is 0. The molecule has 2 N–H and O–H groups in total. The second-order valence-corrected chi connectivity index (χ2v) is 4.22. The number of ether oxygens (including phenoxy) is 1. The van der Waals surface area contributed by atoms with Crippen molar-refractivity contribution in [2.75, 3.05) is 20.3 Å².